The van der Waals surface area contributed by atoms with Crippen LogP contribution < -0.4 is 0 Å². The Morgan fingerprint density at radius 3 is 1.75 bits per heavy atom. The minimum absolute atomic E-state index is 0.0926. The van der Waals surface area contributed by atoms with E-state index >= 15 is 0 Å². The van der Waals surface area contributed by atoms with Gasteiger partial charge in [-0.15, -0.1) is 0 Å². The van der Waals surface area contributed by atoms with Gasteiger partial charge in [0, 0.05) is 41.1 Å². The fourth-order valence-corrected chi connectivity index (χ4v) is 8.56. The number of esters is 1. The largest absolute Gasteiger partial charge is 0.462 e. The van der Waals surface area contributed by atoms with Crippen molar-refractivity contribution in [2.75, 3.05) is 0 Å². The molecule has 53 heavy (non-hydrogen) atoms. The molecular weight excluding hydrogens is 653 g/mol. The first-order valence-electron chi connectivity index (χ1n) is 19.1. The zero-order chi connectivity index (χ0) is 37.5. The number of nitrogens with zero attached hydrogens (tertiary/aromatic N) is 4. The Balaban J connectivity index is 1.10. The molecule has 6 rings (SSSR count). The number of aromatic nitrogens is 2. The molecule has 6 nitrogen and oxygen atoms in total. The minimum atomic E-state index is -0.135. The lowest BCUT2D eigenvalue weighted by molar-refractivity contribution is -0.158. The molecule has 2 heterocycles. The molecule has 2 fully saturated rings. The van der Waals surface area contributed by atoms with Crippen LogP contribution in [0.2, 0.25) is 0 Å². The predicted octanol–water partition coefficient (Wildman–Crippen LogP) is 10.8. The van der Waals surface area contributed by atoms with Crippen molar-refractivity contribution in [1.82, 2.24) is 9.97 Å². The van der Waals surface area contributed by atoms with Crippen LogP contribution in [0.25, 0.3) is 34.4 Å². The van der Waals surface area contributed by atoms with Gasteiger partial charge in [-0.3, -0.25) is 14.8 Å². The normalized spacial score (nSPS) is 27.3. The Labute approximate surface area is 315 Å². The lowest BCUT2D eigenvalue weighted by Crippen LogP contribution is -2.42. The van der Waals surface area contributed by atoms with E-state index in [1.807, 2.05) is 85.2 Å². The van der Waals surface area contributed by atoms with Crippen LogP contribution in [-0.2, 0) is 9.53 Å². The molecule has 2 aliphatic rings. The molecule has 0 saturated heterocycles. The number of rotatable bonds is 9. The summed E-state index contributed by atoms with van der Waals surface area (Å²) in [5, 5.41) is 19.0. The molecule has 0 aliphatic heterocycles. The second-order valence-electron chi connectivity index (χ2n) is 15.5. The van der Waals surface area contributed by atoms with Crippen LogP contribution in [0.1, 0.15) is 82.8 Å². The molecule has 2 aromatic heterocycles. The Kier molecular flexibility index (Phi) is 12.0. The smallest absolute Gasteiger partial charge is 0.306 e. The molecule has 2 aliphatic carbocycles. The van der Waals surface area contributed by atoms with E-state index in [4.69, 9.17) is 14.7 Å². The lowest BCUT2D eigenvalue weighted by atomic mass is 9.66. The van der Waals surface area contributed by atoms with Gasteiger partial charge in [-0.2, -0.15) is 10.5 Å². The summed E-state index contributed by atoms with van der Waals surface area (Å²) in [5.74, 6) is 2.66. The Morgan fingerprint density at radius 2 is 1.23 bits per heavy atom. The average Bonchev–Trinajstić information content (AvgIpc) is 3.18. The van der Waals surface area contributed by atoms with E-state index in [2.05, 4.69) is 71.1 Å². The Morgan fingerprint density at radius 1 is 0.698 bits per heavy atom. The summed E-state index contributed by atoms with van der Waals surface area (Å²) in [6, 6.07) is 27.7. The highest BCUT2D eigenvalue weighted by atomic mass is 16.5. The van der Waals surface area contributed by atoms with E-state index < -0.39 is 0 Å². The first-order chi connectivity index (χ1) is 25.7. The maximum Gasteiger partial charge on any atom is 0.306 e. The minimum Gasteiger partial charge on any atom is -0.462 e. The molecule has 2 saturated carbocycles. The van der Waals surface area contributed by atoms with Crippen molar-refractivity contribution in [2.24, 2.45) is 47.3 Å². The summed E-state index contributed by atoms with van der Waals surface area (Å²) in [7, 11) is 0. The molecule has 9 atom stereocenters. The molecule has 2 aromatic carbocycles. The number of allylic oxidation sites excluding steroid dienone is 2. The van der Waals surface area contributed by atoms with Crippen molar-refractivity contribution in [3.05, 3.63) is 120 Å². The van der Waals surface area contributed by atoms with Gasteiger partial charge in [-0.05, 0) is 96.6 Å². The second-order valence-corrected chi connectivity index (χ2v) is 15.5. The summed E-state index contributed by atoms with van der Waals surface area (Å²) < 4.78 is 6.37. The van der Waals surface area contributed by atoms with Crippen LogP contribution in [-0.4, -0.2) is 22.0 Å². The van der Waals surface area contributed by atoms with Crippen molar-refractivity contribution in [1.29, 1.82) is 10.5 Å². The zero-order valence-corrected chi connectivity index (χ0v) is 31.5. The van der Waals surface area contributed by atoms with E-state index in [0.717, 1.165) is 52.9 Å². The van der Waals surface area contributed by atoms with Gasteiger partial charge in [0.15, 0.2) is 0 Å². The Hall–Kier alpha value is -5.33. The standard InChI is InChI=1S/C47H50N4O2/c1-30-14-15-35(43(32(30)3)23-21-41-19-17-39(29-51-41)45-13-9-7-11-37(45)27-49)25-47(52)53-46-24-31(2)33(4)42(34(46)5)22-20-40-18-16-38(28-50-40)44-12-8-6-10-36(44)26-48/h6-13,16-23,28-35,42-43,46H,14-15,24-25H2,1-5H3/b22-20+,23-21+/t30-,31-,32+,33+,34?,35+,42-,43-,46?/m0/s1. The number of benzene rings is 2. The molecule has 0 spiro atoms. The highest BCUT2D eigenvalue weighted by Gasteiger charge is 2.40. The Bertz CT molecular complexity index is 2020. The van der Waals surface area contributed by atoms with Crippen LogP contribution in [0.5, 0.6) is 0 Å². The molecule has 0 amide bonds. The van der Waals surface area contributed by atoms with Crippen LogP contribution in [0.4, 0.5) is 0 Å². The van der Waals surface area contributed by atoms with E-state index in [1.54, 1.807) is 0 Å². The van der Waals surface area contributed by atoms with Crippen molar-refractivity contribution >= 4 is 18.1 Å². The van der Waals surface area contributed by atoms with Gasteiger partial charge in [0.2, 0.25) is 0 Å². The summed E-state index contributed by atoms with van der Waals surface area (Å²) in [4.78, 5) is 23.1. The van der Waals surface area contributed by atoms with Crippen LogP contribution in [0, 0.1) is 70.0 Å². The van der Waals surface area contributed by atoms with Crippen LogP contribution in [0.3, 0.4) is 0 Å². The van der Waals surface area contributed by atoms with Gasteiger partial charge >= 0.3 is 5.97 Å². The molecule has 2 unspecified atom stereocenters. The maximum absolute atomic E-state index is 13.7. The average molecular weight is 703 g/mol. The third kappa shape index (κ3) is 8.66. The third-order valence-corrected chi connectivity index (χ3v) is 12.3. The number of nitriles is 2. The number of hydrogen-bond donors (Lipinski definition) is 0. The van der Waals surface area contributed by atoms with Crippen LogP contribution in [0.15, 0.2) is 97.3 Å². The number of carbonyl (C=O) groups excluding carboxylic acids is 1. The van der Waals surface area contributed by atoms with Crippen molar-refractivity contribution < 1.29 is 9.53 Å². The van der Waals surface area contributed by atoms with Crippen molar-refractivity contribution in [2.45, 2.75) is 66.4 Å². The quantitative estimate of drug-likeness (QED) is 0.161. The van der Waals surface area contributed by atoms with Crippen LogP contribution >= 0.6 is 0 Å². The van der Waals surface area contributed by atoms with Gasteiger partial charge in [-0.25, -0.2) is 0 Å². The maximum atomic E-state index is 13.7. The van der Waals surface area contributed by atoms with E-state index in [1.165, 1.54) is 0 Å². The van der Waals surface area contributed by atoms with Crippen molar-refractivity contribution in [3.63, 3.8) is 0 Å². The molecule has 6 heteroatoms. The lowest BCUT2D eigenvalue weighted by Gasteiger charge is -2.43. The first kappa shape index (κ1) is 37.4. The molecule has 0 N–H and O–H groups in total. The summed E-state index contributed by atoms with van der Waals surface area (Å²) >= 11 is 0. The highest BCUT2D eigenvalue weighted by Crippen LogP contribution is 2.44. The SMILES string of the molecule is CC1C(OC(=O)C[C@H]2CC[C@H](C)[C@@H](C)[C@@H]2/C=C/c2ccc(-c3ccccc3C#N)cn2)C[C@H](C)[C@@H](C)[C@@H]1/C=C/c1ccc(-c2ccccc2C#N)cn1. The molecule has 0 bridgehead atoms. The third-order valence-electron chi connectivity index (χ3n) is 12.3. The van der Waals surface area contributed by atoms with Gasteiger partial charge < -0.3 is 4.74 Å². The van der Waals surface area contributed by atoms with Crippen molar-refractivity contribution in [3.8, 4) is 34.4 Å². The van der Waals surface area contributed by atoms with Gasteiger partial charge in [0.25, 0.3) is 0 Å². The number of ether oxygens (including phenoxy) is 1. The number of hydrogen-bond acceptors (Lipinski definition) is 6. The summed E-state index contributed by atoms with van der Waals surface area (Å²) in [6.45, 7) is 11.4. The van der Waals surface area contributed by atoms with E-state index in [-0.39, 0.29) is 35.7 Å². The topological polar surface area (TPSA) is 99.7 Å². The monoisotopic (exact) mass is 702 g/mol. The zero-order valence-electron chi connectivity index (χ0n) is 31.5. The van der Waals surface area contributed by atoms with E-state index in [9.17, 15) is 15.3 Å². The number of carbonyl (C=O) groups is 1. The predicted molar refractivity (Wildman–Crippen MR) is 211 cm³/mol. The molecule has 0 radical (unpaired) electrons. The fourth-order valence-electron chi connectivity index (χ4n) is 8.56. The fraction of sp³-hybridized carbons (Fsp3) is 0.383. The summed E-state index contributed by atoms with van der Waals surface area (Å²) in [6.07, 6.45) is 15.6. The molecular formula is C47H50N4O2. The van der Waals surface area contributed by atoms with Gasteiger partial charge in [0.05, 0.1) is 34.7 Å². The first-order valence-corrected chi connectivity index (χ1v) is 19.1. The number of pyridine rings is 2. The molecule has 4 aromatic rings. The summed E-state index contributed by atoms with van der Waals surface area (Å²) in [5.41, 5.74) is 6.60. The van der Waals surface area contributed by atoms with Gasteiger partial charge in [0.1, 0.15) is 6.10 Å². The van der Waals surface area contributed by atoms with Gasteiger partial charge in [-0.1, -0.05) is 102 Å². The highest BCUT2D eigenvalue weighted by molar-refractivity contribution is 5.72. The second kappa shape index (κ2) is 17.0. The van der Waals surface area contributed by atoms with E-state index in [0.29, 0.717) is 41.2 Å². The molecule has 270 valence electrons.